The van der Waals surface area contributed by atoms with E-state index < -0.39 is 5.60 Å². The summed E-state index contributed by atoms with van der Waals surface area (Å²) in [5.41, 5.74) is -0.438. The van der Waals surface area contributed by atoms with Crippen LogP contribution < -0.4 is 5.32 Å². The van der Waals surface area contributed by atoms with Crippen molar-refractivity contribution in [1.82, 2.24) is 14.5 Å². The number of piperidine rings is 1. The van der Waals surface area contributed by atoms with E-state index in [2.05, 4.69) is 10.3 Å². The van der Waals surface area contributed by atoms with E-state index in [0.29, 0.717) is 24.4 Å². The van der Waals surface area contributed by atoms with Crippen molar-refractivity contribution in [3.63, 3.8) is 0 Å². The van der Waals surface area contributed by atoms with E-state index in [1.807, 2.05) is 22.7 Å². The van der Waals surface area contributed by atoms with Gasteiger partial charge in [0.25, 0.3) is 0 Å². The minimum atomic E-state index is -1.00. The van der Waals surface area contributed by atoms with Gasteiger partial charge in [-0.05, 0) is 37.1 Å². The predicted molar refractivity (Wildman–Crippen MR) is 90.4 cm³/mol. The lowest BCUT2D eigenvalue weighted by atomic mass is 9.85. The molecule has 2 aliphatic heterocycles. The molecule has 0 radical (unpaired) electrons. The Bertz CT molecular complexity index is 775. The molecule has 0 saturated carbocycles. The Kier molecular flexibility index (Phi) is 3.76. The van der Waals surface area contributed by atoms with Crippen molar-refractivity contribution in [1.29, 1.82) is 0 Å². The summed E-state index contributed by atoms with van der Waals surface area (Å²) < 4.78 is 14.8. The average molecular weight is 344 g/mol. The van der Waals surface area contributed by atoms with Crippen molar-refractivity contribution >= 4 is 11.7 Å². The molecule has 1 aromatic heterocycles. The molecule has 0 unspecified atom stereocenters. The number of hydrogen-bond donors (Lipinski definition) is 2. The molecular formula is C18H21FN4O2. The number of fused-ring (bicyclic) bond motifs is 2. The van der Waals surface area contributed by atoms with Crippen LogP contribution in [0.1, 0.15) is 31.5 Å². The first-order chi connectivity index (χ1) is 12.0. The normalized spacial score (nSPS) is 28.2. The van der Waals surface area contributed by atoms with Gasteiger partial charge in [0.05, 0.1) is 0 Å². The van der Waals surface area contributed by atoms with E-state index in [0.717, 1.165) is 12.8 Å². The second kappa shape index (κ2) is 5.84. The van der Waals surface area contributed by atoms with Crippen molar-refractivity contribution in [2.45, 2.75) is 43.4 Å². The van der Waals surface area contributed by atoms with Crippen LogP contribution in [0, 0.1) is 5.82 Å². The summed E-state index contributed by atoms with van der Waals surface area (Å²) in [6.45, 7) is 0. The van der Waals surface area contributed by atoms with Crippen LogP contribution in [0.2, 0.25) is 0 Å². The second-order valence-corrected chi connectivity index (χ2v) is 7.03. The molecule has 0 aliphatic carbocycles. The summed E-state index contributed by atoms with van der Waals surface area (Å²) in [5, 5.41) is 14.0. The van der Waals surface area contributed by atoms with Gasteiger partial charge in [-0.25, -0.2) is 14.2 Å². The molecule has 2 bridgehead atoms. The third kappa shape index (κ3) is 2.78. The molecule has 2 atom stereocenters. The summed E-state index contributed by atoms with van der Waals surface area (Å²) in [7, 11) is 1.87. The van der Waals surface area contributed by atoms with Gasteiger partial charge in [0.2, 0.25) is 0 Å². The maximum Gasteiger partial charge on any atom is 0.322 e. The van der Waals surface area contributed by atoms with Gasteiger partial charge in [0.15, 0.2) is 0 Å². The number of aliphatic hydroxyl groups is 1. The van der Waals surface area contributed by atoms with Gasteiger partial charge in [-0.15, -0.1) is 0 Å². The van der Waals surface area contributed by atoms with Gasteiger partial charge in [0.1, 0.15) is 17.2 Å². The maximum atomic E-state index is 13.0. The van der Waals surface area contributed by atoms with Crippen LogP contribution >= 0.6 is 0 Å². The summed E-state index contributed by atoms with van der Waals surface area (Å²) in [5.74, 6) is 0.319. The lowest BCUT2D eigenvalue weighted by molar-refractivity contribution is -0.0505. The van der Waals surface area contributed by atoms with E-state index in [4.69, 9.17) is 0 Å². The fraction of sp³-hybridized carbons (Fsp3) is 0.444. The van der Waals surface area contributed by atoms with Crippen LogP contribution in [-0.4, -0.2) is 37.7 Å². The number of carbonyl (C=O) groups is 1. The lowest BCUT2D eigenvalue weighted by Gasteiger charge is -2.43. The molecule has 132 valence electrons. The Morgan fingerprint density at radius 3 is 2.48 bits per heavy atom. The molecule has 6 nitrogen and oxygen atoms in total. The standard InChI is InChI=1S/C18H21FN4O2/c1-22-9-8-20-16(22)18(25)10-14-6-7-15(11-18)23(14)17(24)21-13-4-2-12(19)3-5-13/h2-5,8-9,14-15,25H,6-7,10-11H2,1H3,(H,21,24)/t14-,15-/m1/s1. The van der Waals surface area contributed by atoms with Crippen LogP contribution in [0.25, 0.3) is 0 Å². The Balaban J connectivity index is 1.51. The van der Waals surface area contributed by atoms with Gasteiger partial charge in [-0.1, -0.05) is 0 Å². The quantitative estimate of drug-likeness (QED) is 0.880. The van der Waals surface area contributed by atoms with Crippen LogP contribution in [0.15, 0.2) is 36.7 Å². The minimum Gasteiger partial charge on any atom is -0.382 e. The molecule has 7 heteroatoms. The number of urea groups is 1. The number of imidazole rings is 1. The number of rotatable bonds is 2. The highest BCUT2D eigenvalue weighted by atomic mass is 19.1. The highest BCUT2D eigenvalue weighted by Crippen LogP contribution is 2.45. The number of aryl methyl sites for hydroxylation is 1. The summed E-state index contributed by atoms with van der Waals surface area (Å²) in [6, 6.07) is 5.48. The molecule has 2 amide bonds. The maximum absolute atomic E-state index is 13.0. The first-order valence-electron chi connectivity index (χ1n) is 8.51. The van der Waals surface area contributed by atoms with Crippen molar-refractivity contribution in [2.24, 2.45) is 7.05 Å². The smallest absolute Gasteiger partial charge is 0.322 e. The Hall–Kier alpha value is -2.41. The van der Waals surface area contributed by atoms with Gasteiger partial charge in [-0.2, -0.15) is 0 Å². The number of hydrogen-bond acceptors (Lipinski definition) is 3. The number of aromatic nitrogens is 2. The molecule has 1 aromatic carbocycles. The molecule has 2 aromatic rings. The number of benzene rings is 1. The zero-order valence-electron chi connectivity index (χ0n) is 14.0. The molecule has 25 heavy (non-hydrogen) atoms. The largest absolute Gasteiger partial charge is 0.382 e. The molecule has 2 aliphatic rings. The van der Waals surface area contributed by atoms with Crippen molar-refractivity contribution in [3.05, 3.63) is 48.3 Å². The van der Waals surface area contributed by atoms with Gasteiger partial charge >= 0.3 is 6.03 Å². The molecule has 3 heterocycles. The first-order valence-corrected chi connectivity index (χ1v) is 8.51. The molecule has 2 N–H and O–H groups in total. The predicted octanol–water partition coefficient (Wildman–Crippen LogP) is 2.61. The van der Waals surface area contributed by atoms with Crippen LogP contribution in [0.3, 0.4) is 0 Å². The van der Waals surface area contributed by atoms with Crippen LogP contribution in [0.4, 0.5) is 14.9 Å². The zero-order chi connectivity index (χ0) is 17.6. The topological polar surface area (TPSA) is 70.4 Å². The molecule has 4 rings (SSSR count). The zero-order valence-corrected chi connectivity index (χ0v) is 14.0. The van der Waals surface area contributed by atoms with E-state index in [1.54, 1.807) is 18.3 Å². The average Bonchev–Trinajstić information content (AvgIpc) is 3.12. The fourth-order valence-corrected chi connectivity index (χ4v) is 4.27. The lowest BCUT2D eigenvalue weighted by Crippen LogP contribution is -2.53. The molecule has 0 spiro atoms. The second-order valence-electron chi connectivity index (χ2n) is 7.03. The Morgan fingerprint density at radius 1 is 1.28 bits per heavy atom. The van der Waals surface area contributed by atoms with Crippen molar-refractivity contribution in [2.75, 3.05) is 5.32 Å². The molecule has 2 saturated heterocycles. The number of nitrogens with one attached hydrogen (secondary N) is 1. The first kappa shape index (κ1) is 16.1. The fourth-order valence-electron chi connectivity index (χ4n) is 4.27. The highest BCUT2D eigenvalue weighted by Gasteiger charge is 2.51. The van der Waals surface area contributed by atoms with Crippen LogP contribution in [-0.2, 0) is 12.6 Å². The van der Waals surface area contributed by atoms with Gasteiger partial charge in [0, 0.05) is 50.1 Å². The molecular weight excluding hydrogens is 323 g/mol. The van der Waals surface area contributed by atoms with E-state index >= 15 is 0 Å². The number of nitrogens with zero attached hydrogens (tertiary/aromatic N) is 3. The van der Waals surface area contributed by atoms with Gasteiger partial charge in [-0.3, -0.25) is 0 Å². The van der Waals surface area contributed by atoms with Crippen LogP contribution in [0.5, 0.6) is 0 Å². The van der Waals surface area contributed by atoms with Crippen molar-refractivity contribution in [3.8, 4) is 0 Å². The summed E-state index contributed by atoms with van der Waals surface area (Å²) >= 11 is 0. The van der Waals surface area contributed by atoms with E-state index in [9.17, 15) is 14.3 Å². The minimum absolute atomic E-state index is 0.0269. The monoisotopic (exact) mass is 344 g/mol. The van der Waals surface area contributed by atoms with Gasteiger partial charge < -0.3 is 19.9 Å². The SMILES string of the molecule is Cn1ccnc1C1(O)C[C@H]2CC[C@H](C1)N2C(=O)Nc1ccc(F)cc1. The summed E-state index contributed by atoms with van der Waals surface area (Å²) in [4.78, 5) is 18.8. The highest BCUT2D eigenvalue weighted by molar-refractivity contribution is 5.90. The number of halogens is 1. The Morgan fingerprint density at radius 2 is 1.92 bits per heavy atom. The summed E-state index contributed by atoms with van der Waals surface area (Å²) in [6.07, 6.45) is 6.20. The molecule has 2 fully saturated rings. The van der Waals surface area contributed by atoms with Crippen molar-refractivity contribution < 1.29 is 14.3 Å². The third-order valence-corrected chi connectivity index (χ3v) is 5.33. The third-order valence-electron chi connectivity index (χ3n) is 5.33. The van der Waals surface area contributed by atoms with E-state index in [1.165, 1.54) is 12.1 Å². The number of amides is 2. The Labute approximate surface area is 145 Å². The van der Waals surface area contributed by atoms with E-state index in [-0.39, 0.29) is 23.9 Å². The number of anilines is 1. The number of carbonyl (C=O) groups excluding carboxylic acids is 1.